The standard InChI is InChI=1S/C18H22N2O5S2/c1-12-3-8-18(13(2)9-12)27(24,25)20(15-6-4-14(19)5-7-15)16-10-26(22,23)11-17(16)21/h3-9,16-17,21H,10-11,19H2,1-2H3/t16-,17+/m1/s1. The maximum absolute atomic E-state index is 13.5. The van der Waals surface area contributed by atoms with E-state index in [0.717, 1.165) is 9.87 Å². The fraction of sp³-hybridized carbons (Fsp3) is 0.333. The summed E-state index contributed by atoms with van der Waals surface area (Å²) in [6, 6.07) is 9.91. The molecular formula is C18H22N2O5S2. The van der Waals surface area contributed by atoms with Gasteiger partial charge < -0.3 is 10.8 Å². The summed E-state index contributed by atoms with van der Waals surface area (Å²) in [6.45, 7) is 3.54. The van der Waals surface area contributed by atoms with Crippen molar-refractivity contribution >= 4 is 31.2 Å². The molecule has 146 valence electrons. The molecule has 3 N–H and O–H groups in total. The lowest BCUT2D eigenvalue weighted by Gasteiger charge is -2.32. The number of aryl methyl sites for hydroxylation is 2. The molecule has 1 aliphatic rings. The Kier molecular flexibility index (Phi) is 4.96. The molecule has 2 atom stereocenters. The van der Waals surface area contributed by atoms with Gasteiger partial charge in [0.15, 0.2) is 9.84 Å². The van der Waals surface area contributed by atoms with Crippen molar-refractivity contribution in [2.45, 2.75) is 30.9 Å². The molecule has 9 heteroatoms. The van der Waals surface area contributed by atoms with E-state index >= 15 is 0 Å². The summed E-state index contributed by atoms with van der Waals surface area (Å²) in [7, 11) is -7.66. The Morgan fingerprint density at radius 3 is 2.22 bits per heavy atom. The summed E-state index contributed by atoms with van der Waals surface area (Å²) in [4.78, 5) is 0.0708. The molecule has 1 fully saturated rings. The molecule has 0 spiro atoms. The zero-order valence-corrected chi connectivity index (χ0v) is 16.7. The molecule has 1 saturated heterocycles. The number of hydrogen-bond donors (Lipinski definition) is 2. The molecule has 0 unspecified atom stereocenters. The molecule has 0 saturated carbocycles. The van der Waals surface area contributed by atoms with Crippen LogP contribution in [-0.2, 0) is 19.9 Å². The summed E-state index contributed by atoms with van der Waals surface area (Å²) < 4.78 is 52.0. The van der Waals surface area contributed by atoms with Gasteiger partial charge in [0.25, 0.3) is 10.0 Å². The highest BCUT2D eigenvalue weighted by Gasteiger charge is 2.45. The number of aliphatic hydroxyl groups is 1. The van der Waals surface area contributed by atoms with Crippen LogP contribution in [0.1, 0.15) is 11.1 Å². The van der Waals surface area contributed by atoms with Crippen LogP contribution in [0.3, 0.4) is 0 Å². The number of nitrogen functional groups attached to an aromatic ring is 1. The minimum atomic E-state index is -4.11. The lowest BCUT2D eigenvalue weighted by molar-refractivity contribution is 0.184. The van der Waals surface area contributed by atoms with E-state index < -0.39 is 43.5 Å². The number of hydrogen-bond acceptors (Lipinski definition) is 6. The minimum Gasteiger partial charge on any atom is -0.399 e. The van der Waals surface area contributed by atoms with Crippen molar-refractivity contribution in [2.24, 2.45) is 0 Å². The molecule has 0 amide bonds. The first-order valence-electron chi connectivity index (χ1n) is 8.37. The van der Waals surface area contributed by atoms with Crippen molar-refractivity contribution in [3.63, 3.8) is 0 Å². The Hall–Kier alpha value is -2.10. The molecule has 0 aliphatic carbocycles. The van der Waals surface area contributed by atoms with Gasteiger partial charge in [0, 0.05) is 5.69 Å². The van der Waals surface area contributed by atoms with Crippen molar-refractivity contribution in [2.75, 3.05) is 21.5 Å². The zero-order chi connectivity index (χ0) is 20.0. The van der Waals surface area contributed by atoms with Crippen LogP contribution >= 0.6 is 0 Å². The molecular weight excluding hydrogens is 388 g/mol. The number of benzene rings is 2. The van der Waals surface area contributed by atoms with Gasteiger partial charge in [-0.05, 0) is 49.7 Å². The Balaban J connectivity index is 2.19. The fourth-order valence-corrected chi connectivity index (χ4v) is 7.11. The van der Waals surface area contributed by atoms with Gasteiger partial charge >= 0.3 is 0 Å². The molecule has 1 aliphatic heterocycles. The molecule has 1 heterocycles. The predicted molar refractivity (Wildman–Crippen MR) is 105 cm³/mol. The third kappa shape index (κ3) is 3.80. The fourth-order valence-electron chi connectivity index (χ4n) is 3.36. The molecule has 2 aromatic carbocycles. The van der Waals surface area contributed by atoms with Gasteiger partial charge in [0.2, 0.25) is 0 Å². The van der Waals surface area contributed by atoms with Crippen LogP contribution in [0.25, 0.3) is 0 Å². The van der Waals surface area contributed by atoms with Crippen molar-refractivity contribution in [3.8, 4) is 0 Å². The number of sulfone groups is 1. The van der Waals surface area contributed by atoms with Crippen LogP contribution in [0.15, 0.2) is 47.4 Å². The van der Waals surface area contributed by atoms with E-state index in [2.05, 4.69) is 0 Å². The third-order valence-corrected chi connectivity index (χ3v) is 8.32. The van der Waals surface area contributed by atoms with Crippen LogP contribution in [0.4, 0.5) is 11.4 Å². The van der Waals surface area contributed by atoms with E-state index in [0.29, 0.717) is 11.3 Å². The summed E-state index contributed by atoms with van der Waals surface area (Å²) >= 11 is 0. The number of rotatable bonds is 4. The van der Waals surface area contributed by atoms with E-state index in [1.807, 2.05) is 6.92 Å². The molecule has 0 aromatic heterocycles. The van der Waals surface area contributed by atoms with Gasteiger partial charge in [-0.1, -0.05) is 17.7 Å². The number of nitrogens with zero attached hydrogens (tertiary/aromatic N) is 1. The summed E-state index contributed by atoms with van der Waals surface area (Å²) in [5.41, 5.74) is 7.86. The second-order valence-electron chi connectivity index (χ2n) is 6.87. The van der Waals surface area contributed by atoms with Gasteiger partial charge in [-0.15, -0.1) is 0 Å². The number of nitrogens with two attached hydrogens (primary N) is 1. The van der Waals surface area contributed by atoms with Crippen LogP contribution in [-0.4, -0.2) is 45.6 Å². The summed E-state index contributed by atoms with van der Waals surface area (Å²) in [6.07, 6.45) is -1.31. The third-order valence-electron chi connectivity index (χ3n) is 4.61. The predicted octanol–water partition coefficient (Wildman–Crippen LogP) is 1.24. The highest BCUT2D eigenvalue weighted by atomic mass is 32.2. The van der Waals surface area contributed by atoms with Crippen LogP contribution in [0, 0.1) is 13.8 Å². The van der Waals surface area contributed by atoms with Gasteiger partial charge in [-0.3, -0.25) is 4.31 Å². The maximum Gasteiger partial charge on any atom is 0.264 e. The van der Waals surface area contributed by atoms with E-state index in [1.54, 1.807) is 19.1 Å². The lowest BCUT2D eigenvalue weighted by Crippen LogP contribution is -2.47. The second-order valence-corrected chi connectivity index (χ2v) is 10.8. The van der Waals surface area contributed by atoms with Gasteiger partial charge in [0.05, 0.1) is 34.2 Å². The molecule has 0 radical (unpaired) electrons. The van der Waals surface area contributed by atoms with E-state index in [9.17, 15) is 21.9 Å². The monoisotopic (exact) mass is 410 g/mol. The Morgan fingerprint density at radius 2 is 1.70 bits per heavy atom. The Labute approximate surface area is 159 Å². The summed E-state index contributed by atoms with van der Waals surface area (Å²) in [5, 5.41) is 10.3. The Bertz CT molecular complexity index is 1060. The SMILES string of the molecule is Cc1ccc(S(=O)(=O)N(c2ccc(N)cc2)[C@@H]2CS(=O)(=O)C[C@@H]2O)c(C)c1. The van der Waals surface area contributed by atoms with E-state index in [1.165, 1.54) is 30.3 Å². The van der Waals surface area contributed by atoms with E-state index in [-0.39, 0.29) is 10.6 Å². The quantitative estimate of drug-likeness (QED) is 0.732. The average molecular weight is 411 g/mol. The topological polar surface area (TPSA) is 118 Å². The first kappa shape index (κ1) is 19.7. The molecule has 0 bridgehead atoms. The van der Waals surface area contributed by atoms with Gasteiger partial charge in [-0.2, -0.15) is 0 Å². The molecule has 2 aromatic rings. The van der Waals surface area contributed by atoms with Gasteiger partial charge in [0.1, 0.15) is 0 Å². The number of sulfonamides is 1. The normalized spacial score (nSPS) is 21.9. The average Bonchev–Trinajstić information content (AvgIpc) is 2.81. The van der Waals surface area contributed by atoms with Gasteiger partial charge in [-0.25, -0.2) is 16.8 Å². The minimum absolute atomic E-state index is 0.0708. The summed E-state index contributed by atoms with van der Waals surface area (Å²) in [5.74, 6) is -0.909. The first-order valence-corrected chi connectivity index (χ1v) is 11.6. The molecule has 7 nitrogen and oxygen atoms in total. The van der Waals surface area contributed by atoms with Crippen molar-refractivity contribution in [3.05, 3.63) is 53.6 Å². The van der Waals surface area contributed by atoms with Crippen molar-refractivity contribution in [1.29, 1.82) is 0 Å². The largest absolute Gasteiger partial charge is 0.399 e. The Morgan fingerprint density at radius 1 is 1.07 bits per heavy atom. The first-order chi connectivity index (χ1) is 12.5. The highest BCUT2D eigenvalue weighted by Crippen LogP contribution is 2.32. The lowest BCUT2D eigenvalue weighted by atomic mass is 10.2. The van der Waals surface area contributed by atoms with Crippen LogP contribution in [0.2, 0.25) is 0 Å². The zero-order valence-electron chi connectivity index (χ0n) is 15.0. The number of aliphatic hydroxyl groups excluding tert-OH is 1. The van der Waals surface area contributed by atoms with Crippen LogP contribution in [0.5, 0.6) is 0 Å². The number of anilines is 2. The van der Waals surface area contributed by atoms with Crippen molar-refractivity contribution in [1.82, 2.24) is 0 Å². The van der Waals surface area contributed by atoms with Crippen molar-refractivity contribution < 1.29 is 21.9 Å². The molecule has 27 heavy (non-hydrogen) atoms. The maximum atomic E-state index is 13.5. The van der Waals surface area contributed by atoms with E-state index in [4.69, 9.17) is 5.73 Å². The molecule has 3 rings (SSSR count). The second kappa shape index (κ2) is 6.81. The smallest absolute Gasteiger partial charge is 0.264 e. The van der Waals surface area contributed by atoms with Crippen LogP contribution < -0.4 is 10.0 Å². The highest BCUT2D eigenvalue weighted by molar-refractivity contribution is 7.93.